The van der Waals surface area contributed by atoms with E-state index in [1.807, 2.05) is 0 Å². The number of nitro benzene ring substituents is 1. The van der Waals surface area contributed by atoms with Crippen LogP contribution in [-0.4, -0.2) is 41.6 Å². The van der Waals surface area contributed by atoms with Crippen LogP contribution in [0.15, 0.2) is 41.6 Å². The van der Waals surface area contributed by atoms with Gasteiger partial charge in [-0.25, -0.2) is 23.4 Å². The topological polar surface area (TPSA) is 140 Å². The smallest absolute Gasteiger partial charge is 0.271 e. The number of nitro groups is 1. The van der Waals surface area contributed by atoms with Gasteiger partial charge in [0.25, 0.3) is 5.69 Å². The number of sulfone groups is 1. The molecule has 0 saturated carbocycles. The zero-order valence-corrected chi connectivity index (χ0v) is 15.8. The van der Waals surface area contributed by atoms with Gasteiger partial charge in [-0.1, -0.05) is 17.4 Å². The van der Waals surface area contributed by atoms with Gasteiger partial charge in [-0.15, -0.1) is 0 Å². The molecule has 0 fully saturated rings. The molecule has 3 rings (SSSR count). The minimum atomic E-state index is -3.55. The number of rotatable bonds is 6. The maximum absolute atomic E-state index is 12.0. The number of nitrogens with zero attached hydrogens (tertiary/aromatic N) is 4. The van der Waals surface area contributed by atoms with Crippen molar-refractivity contribution < 1.29 is 13.3 Å². The summed E-state index contributed by atoms with van der Waals surface area (Å²) < 4.78 is 24.1. The van der Waals surface area contributed by atoms with Gasteiger partial charge in [0.1, 0.15) is 0 Å². The molecule has 0 aliphatic rings. The largest absolute Gasteiger partial charge is 0.365 e. The molecular weight excluding hydrogens is 392 g/mol. The van der Waals surface area contributed by atoms with Gasteiger partial charge in [0.05, 0.1) is 15.5 Å². The lowest BCUT2D eigenvalue weighted by Crippen LogP contribution is -2.02. The molecule has 0 aliphatic heterocycles. The van der Waals surface area contributed by atoms with Crippen LogP contribution in [0.25, 0.3) is 10.6 Å². The number of non-ortho nitro benzene ring substituents is 1. The first kappa shape index (κ1) is 18.7. The summed E-state index contributed by atoms with van der Waals surface area (Å²) >= 11 is 1.15. The monoisotopic (exact) mass is 406 g/mol. The Morgan fingerprint density at radius 2 is 2.00 bits per heavy atom. The zero-order chi connectivity index (χ0) is 19.6. The van der Waals surface area contributed by atoms with Crippen molar-refractivity contribution in [3.8, 4) is 10.6 Å². The normalized spacial score (nSPS) is 11.2. The van der Waals surface area contributed by atoms with Crippen LogP contribution in [0.5, 0.6) is 0 Å². The molecule has 0 bridgehead atoms. The number of benzene rings is 1. The Labute approximate surface area is 158 Å². The second-order valence-electron chi connectivity index (χ2n) is 5.37. The van der Waals surface area contributed by atoms with E-state index in [0.717, 1.165) is 17.6 Å². The molecule has 10 nitrogen and oxygen atoms in total. The first-order valence-electron chi connectivity index (χ1n) is 7.51. The Morgan fingerprint density at radius 1 is 1.22 bits per heavy atom. The van der Waals surface area contributed by atoms with Crippen LogP contribution >= 0.6 is 11.3 Å². The van der Waals surface area contributed by atoms with Gasteiger partial charge in [-0.05, 0) is 12.1 Å². The Kier molecular flexibility index (Phi) is 5.01. The number of thiazole rings is 1. The van der Waals surface area contributed by atoms with Crippen molar-refractivity contribution in [1.82, 2.24) is 15.0 Å². The molecule has 140 valence electrons. The molecule has 2 N–H and O–H groups in total. The predicted molar refractivity (Wildman–Crippen MR) is 102 cm³/mol. The second-order valence-corrected chi connectivity index (χ2v) is 8.30. The summed E-state index contributed by atoms with van der Waals surface area (Å²) in [4.78, 5) is 23.2. The average Bonchev–Trinajstić information content (AvgIpc) is 3.07. The minimum Gasteiger partial charge on any atom is -0.365 e. The highest BCUT2D eigenvalue weighted by molar-refractivity contribution is 7.91. The second kappa shape index (κ2) is 7.25. The quantitative estimate of drug-likeness (QED) is 0.467. The lowest BCUT2D eigenvalue weighted by atomic mass is 10.3. The number of hydrogen-bond donors (Lipinski definition) is 2. The van der Waals surface area contributed by atoms with Crippen molar-refractivity contribution in [3.63, 3.8) is 0 Å². The average molecular weight is 406 g/mol. The van der Waals surface area contributed by atoms with Gasteiger partial charge in [-0.2, -0.15) is 0 Å². The first-order chi connectivity index (χ1) is 12.8. The summed E-state index contributed by atoms with van der Waals surface area (Å²) in [5.74, 6) is 0.173. The minimum absolute atomic E-state index is 0.0724. The molecule has 0 radical (unpaired) electrons. The first-order valence-corrected chi connectivity index (χ1v) is 10.2. The summed E-state index contributed by atoms with van der Waals surface area (Å²) in [7, 11) is -1.91. The fraction of sp³-hybridized carbons (Fsp3) is 0.133. The molecule has 0 spiro atoms. The van der Waals surface area contributed by atoms with E-state index >= 15 is 0 Å². The number of hydrogen-bond acceptors (Lipinski definition) is 10. The fourth-order valence-corrected chi connectivity index (χ4v) is 4.32. The van der Waals surface area contributed by atoms with E-state index in [4.69, 9.17) is 0 Å². The third kappa shape index (κ3) is 4.17. The van der Waals surface area contributed by atoms with Gasteiger partial charge in [0, 0.05) is 37.3 Å². The highest BCUT2D eigenvalue weighted by Crippen LogP contribution is 2.35. The van der Waals surface area contributed by atoms with E-state index in [1.54, 1.807) is 19.2 Å². The van der Waals surface area contributed by atoms with E-state index in [2.05, 4.69) is 25.6 Å². The standard InChI is InChI=1S/C15H14N6O4S2/c1-16-15-20-13(27(2,24)25)12(26-15)11-6-7-17-14(19-11)18-9-4-3-5-10(8-9)21(22)23/h3-8H,1-2H3,(H,16,20)(H,17,18,19). The third-order valence-electron chi connectivity index (χ3n) is 3.36. The van der Waals surface area contributed by atoms with E-state index < -0.39 is 14.8 Å². The Morgan fingerprint density at radius 3 is 2.67 bits per heavy atom. The highest BCUT2D eigenvalue weighted by Gasteiger charge is 2.22. The van der Waals surface area contributed by atoms with E-state index in [0.29, 0.717) is 21.4 Å². The van der Waals surface area contributed by atoms with Crippen LogP contribution in [0.3, 0.4) is 0 Å². The Balaban J connectivity index is 1.99. The molecule has 2 aromatic heterocycles. The van der Waals surface area contributed by atoms with Crippen molar-refractivity contribution in [3.05, 3.63) is 46.6 Å². The Bertz CT molecular complexity index is 1110. The number of aromatic nitrogens is 3. The molecule has 1 aromatic carbocycles. The summed E-state index contributed by atoms with van der Waals surface area (Å²) in [5.41, 5.74) is 0.735. The van der Waals surface area contributed by atoms with Crippen molar-refractivity contribution in [1.29, 1.82) is 0 Å². The lowest BCUT2D eigenvalue weighted by molar-refractivity contribution is -0.384. The van der Waals surface area contributed by atoms with Gasteiger partial charge in [0.2, 0.25) is 5.95 Å². The molecular formula is C15H14N6O4S2. The van der Waals surface area contributed by atoms with Crippen LogP contribution < -0.4 is 10.6 Å². The van der Waals surface area contributed by atoms with Gasteiger partial charge < -0.3 is 10.6 Å². The maximum atomic E-state index is 12.0. The van der Waals surface area contributed by atoms with E-state index in [9.17, 15) is 18.5 Å². The van der Waals surface area contributed by atoms with Crippen LogP contribution in [-0.2, 0) is 9.84 Å². The van der Waals surface area contributed by atoms with E-state index in [-0.39, 0.29) is 16.7 Å². The number of nitrogens with one attached hydrogen (secondary N) is 2. The van der Waals surface area contributed by atoms with Gasteiger partial charge in [0.15, 0.2) is 20.0 Å². The molecule has 0 aliphatic carbocycles. The molecule has 3 aromatic rings. The predicted octanol–water partition coefficient (Wildman–Crippen LogP) is 2.70. The highest BCUT2D eigenvalue weighted by atomic mass is 32.2. The lowest BCUT2D eigenvalue weighted by Gasteiger charge is -2.06. The Hall–Kier alpha value is -3.12. The van der Waals surface area contributed by atoms with Crippen LogP contribution in [0.2, 0.25) is 0 Å². The maximum Gasteiger partial charge on any atom is 0.271 e. The SMILES string of the molecule is CNc1nc(S(C)(=O)=O)c(-c2ccnc(Nc3cccc([N+](=O)[O-])c3)n2)s1. The van der Waals surface area contributed by atoms with Gasteiger partial charge in [-0.3, -0.25) is 10.1 Å². The van der Waals surface area contributed by atoms with Crippen molar-refractivity contribution in [2.75, 3.05) is 23.9 Å². The molecule has 0 saturated heterocycles. The third-order valence-corrected chi connectivity index (χ3v) is 5.58. The summed E-state index contributed by atoms with van der Waals surface area (Å²) in [6.45, 7) is 0. The van der Waals surface area contributed by atoms with Gasteiger partial charge >= 0.3 is 0 Å². The molecule has 0 amide bonds. The van der Waals surface area contributed by atoms with Crippen LogP contribution in [0.1, 0.15) is 0 Å². The molecule has 0 unspecified atom stereocenters. The summed E-state index contributed by atoms with van der Waals surface area (Å²) in [6.07, 6.45) is 2.54. The number of anilines is 3. The summed E-state index contributed by atoms with van der Waals surface area (Å²) in [5, 5.41) is 17.0. The zero-order valence-electron chi connectivity index (χ0n) is 14.2. The fourth-order valence-electron chi connectivity index (χ4n) is 2.20. The molecule has 2 heterocycles. The summed E-state index contributed by atoms with van der Waals surface area (Å²) in [6, 6.07) is 7.46. The van der Waals surface area contributed by atoms with Crippen molar-refractivity contribution in [2.24, 2.45) is 0 Å². The van der Waals surface area contributed by atoms with Crippen molar-refractivity contribution >= 4 is 43.6 Å². The van der Waals surface area contributed by atoms with E-state index in [1.165, 1.54) is 24.4 Å². The molecule has 27 heavy (non-hydrogen) atoms. The molecule has 0 atom stereocenters. The van der Waals surface area contributed by atoms with Crippen LogP contribution in [0.4, 0.5) is 22.5 Å². The van der Waals surface area contributed by atoms with Crippen molar-refractivity contribution in [2.45, 2.75) is 5.03 Å². The van der Waals surface area contributed by atoms with Crippen LogP contribution in [0, 0.1) is 10.1 Å². The molecule has 12 heteroatoms.